The molecule has 6 heteroatoms. The van der Waals surface area contributed by atoms with Crippen LogP contribution in [0.3, 0.4) is 0 Å². The molecule has 3 nitrogen and oxygen atoms in total. The number of nitrogens with zero attached hydrogens (tertiary/aromatic N) is 1. The van der Waals surface area contributed by atoms with Crippen molar-refractivity contribution in [2.75, 3.05) is 6.61 Å². The van der Waals surface area contributed by atoms with Crippen molar-refractivity contribution in [3.05, 3.63) is 80.0 Å². The van der Waals surface area contributed by atoms with Crippen molar-refractivity contribution in [3.63, 3.8) is 0 Å². The van der Waals surface area contributed by atoms with E-state index in [-0.39, 0.29) is 18.4 Å². The SMILES string of the molecule is CC1=C(C(O)CO)C(C(C)C)=C(Sc2cc(Cl)cc(Cl)c2)CCC1Cc1ccncc1. The van der Waals surface area contributed by atoms with Gasteiger partial charge in [0.1, 0.15) is 6.10 Å². The second-order valence-electron chi connectivity index (χ2n) is 8.29. The smallest absolute Gasteiger partial charge is 0.102 e. The van der Waals surface area contributed by atoms with Gasteiger partial charge in [-0.05, 0) is 90.0 Å². The molecule has 0 saturated heterocycles. The van der Waals surface area contributed by atoms with Crippen molar-refractivity contribution in [3.8, 4) is 0 Å². The number of aromatic nitrogens is 1. The molecule has 0 saturated carbocycles. The highest BCUT2D eigenvalue weighted by atomic mass is 35.5. The molecule has 3 rings (SSSR count). The topological polar surface area (TPSA) is 53.4 Å². The quantitative estimate of drug-likeness (QED) is 0.464. The Morgan fingerprint density at radius 3 is 2.32 bits per heavy atom. The predicted molar refractivity (Wildman–Crippen MR) is 131 cm³/mol. The number of hydrogen-bond acceptors (Lipinski definition) is 4. The standard InChI is InChI=1S/C25H29Cl2NO2S/c1-15(2)24-23(31-21-12-19(26)11-20(27)13-21)5-4-18(10-17-6-8-28-9-7-17)16(3)25(24)22(30)14-29/h6-9,11-13,15,18,22,29-30H,4-5,10,14H2,1-3H3. The van der Waals surface area contributed by atoms with Gasteiger partial charge in [0.2, 0.25) is 0 Å². The maximum Gasteiger partial charge on any atom is 0.102 e. The van der Waals surface area contributed by atoms with Gasteiger partial charge in [-0.1, -0.05) is 54.4 Å². The summed E-state index contributed by atoms with van der Waals surface area (Å²) in [5.74, 6) is 0.469. The van der Waals surface area contributed by atoms with E-state index >= 15 is 0 Å². The molecular formula is C25H29Cl2NO2S. The van der Waals surface area contributed by atoms with Crippen molar-refractivity contribution in [2.24, 2.45) is 11.8 Å². The normalized spacial score (nSPS) is 18.5. The minimum Gasteiger partial charge on any atom is -0.393 e. The lowest BCUT2D eigenvalue weighted by Gasteiger charge is -2.25. The fourth-order valence-corrected chi connectivity index (χ4v) is 6.29. The van der Waals surface area contributed by atoms with E-state index in [1.165, 1.54) is 10.5 Å². The van der Waals surface area contributed by atoms with Crippen LogP contribution in [0.15, 0.2) is 69.2 Å². The van der Waals surface area contributed by atoms with Crippen LogP contribution in [0, 0.1) is 11.8 Å². The first kappa shape index (κ1) is 24.3. The van der Waals surface area contributed by atoms with E-state index in [9.17, 15) is 10.2 Å². The molecule has 1 aliphatic rings. The summed E-state index contributed by atoms with van der Waals surface area (Å²) in [5.41, 5.74) is 4.38. The molecule has 1 aromatic carbocycles. The third-order valence-electron chi connectivity index (χ3n) is 5.74. The molecule has 0 aliphatic heterocycles. The molecule has 1 heterocycles. The zero-order valence-corrected chi connectivity index (χ0v) is 20.4. The number of aliphatic hydroxyl groups is 2. The molecule has 0 amide bonds. The summed E-state index contributed by atoms with van der Waals surface area (Å²) in [5, 5.41) is 21.9. The summed E-state index contributed by atoms with van der Waals surface area (Å²) in [4.78, 5) is 6.30. The second kappa shape index (κ2) is 11.0. The molecule has 2 atom stereocenters. The molecular weight excluding hydrogens is 449 g/mol. The van der Waals surface area contributed by atoms with Crippen LogP contribution < -0.4 is 0 Å². The highest BCUT2D eigenvalue weighted by Crippen LogP contribution is 2.45. The van der Waals surface area contributed by atoms with Crippen molar-refractivity contribution < 1.29 is 10.2 Å². The Kier molecular flexibility index (Phi) is 8.65. The highest BCUT2D eigenvalue weighted by Gasteiger charge is 2.30. The summed E-state index contributed by atoms with van der Waals surface area (Å²) in [6, 6.07) is 9.65. The van der Waals surface area contributed by atoms with Crippen LogP contribution in [-0.2, 0) is 6.42 Å². The van der Waals surface area contributed by atoms with Crippen LogP contribution in [-0.4, -0.2) is 27.9 Å². The molecule has 31 heavy (non-hydrogen) atoms. The number of aliphatic hydroxyl groups excluding tert-OH is 2. The molecule has 0 bridgehead atoms. The van der Waals surface area contributed by atoms with Crippen molar-refractivity contribution >= 4 is 35.0 Å². The minimum absolute atomic E-state index is 0.197. The molecule has 166 valence electrons. The van der Waals surface area contributed by atoms with Crippen LogP contribution in [0.25, 0.3) is 0 Å². The molecule has 0 fully saturated rings. The fraction of sp³-hybridized carbons (Fsp3) is 0.400. The van der Waals surface area contributed by atoms with E-state index in [0.29, 0.717) is 10.0 Å². The second-order valence-corrected chi connectivity index (χ2v) is 10.3. The molecule has 1 aliphatic carbocycles. The van der Waals surface area contributed by atoms with Gasteiger partial charge in [0.15, 0.2) is 0 Å². The first-order valence-corrected chi connectivity index (χ1v) is 12.1. The monoisotopic (exact) mass is 477 g/mol. The van der Waals surface area contributed by atoms with Crippen molar-refractivity contribution in [1.29, 1.82) is 0 Å². The van der Waals surface area contributed by atoms with E-state index in [4.69, 9.17) is 23.2 Å². The van der Waals surface area contributed by atoms with Crippen LogP contribution in [0.1, 0.15) is 39.2 Å². The molecule has 0 spiro atoms. The summed E-state index contributed by atoms with van der Waals surface area (Å²) in [6.07, 6.45) is 5.45. The number of hydrogen-bond donors (Lipinski definition) is 2. The first-order chi connectivity index (χ1) is 14.8. The lowest BCUT2D eigenvalue weighted by molar-refractivity contribution is 0.121. The van der Waals surface area contributed by atoms with Gasteiger partial charge in [-0.15, -0.1) is 0 Å². The predicted octanol–water partition coefficient (Wildman–Crippen LogP) is 6.71. The lowest BCUT2D eigenvalue weighted by atomic mass is 9.83. The van der Waals surface area contributed by atoms with Gasteiger partial charge in [-0.3, -0.25) is 4.98 Å². The summed E-state index contributed by atoms with van der Waals surface area (Å²) >= 11 is 14.1. The molecule has 1 aromatic heterocycles. The van der Waals surface area contributed by atoms with Gasteiger partial charge >= 0.3 is 0 Å². The Hall–Kier alpha value is -1.30. The van der Waals surface area contributed by atoms with Crippen LogP contribution in [0.4, 0.5) is 0 Å². The van der Waals surface area contributed by atoms with Gasteiger partial charge in [0, 0.05) is 27.3 Å². The van der Waals surface area contributed by atoms with Gasteiger partial charge < -0.3 is 10.2 Å². The zero-order valence-electron chi connectivity index (χ0n) is 18.1. The molecule has 2 N–H and O–H groups in total. The van der Waals surface area contributed by atoms with E-state index in [1.54, 1.807) is 17.8 Å². The van der Waals surface area contributed by atoms with Gasteiger partial charge in [0.05, 0.1) is 6.61 Å². The van der Waals surface area contributed by atoms with Crippen LogP contribution >= 0.6 is 35.0 Å². The van der Waals surface area contributed by atoms with E-state index in [0.717, 1.165) is 40.9 Å². The first-order valence-electron chi connectivity index (χ1n) is 10.6. The third-order valence-corrected chi connectivity index (χ3v) is 7.32. The average Bonchev–Trinajstić information content (AvgIpc) is 2.85. The lowest BCUT2D eigenvalue weighted by Crippen LogP contribution is -2.22. The fourth-order valence-electron chi connectivity index (χ4n) is 4.30. The zero-order chi connectivity index (χ0) is 22.5. The van der Waals surface area contributed by atoms with E-state index in [1.807, 2.05) is 36.7 Å². The number of benzene rings is 1. The van der Waals surface area contributed by atoms with Crippen LogP contribution in [0.5, 0.6) is 0 Å². The maximum atomic E-state index is 10.8. The van der Waals surface area contributed by atoms with Gasteiger partial charge in [-0.25, -0.2) is 0 Å². The number of pyridine rings is 1. The minimum atomic E-state index is -0.908. The Labute approximate surface area is 199 Å². The Morgan fingerprint density at radius 2 is 1.74 bits per heavy atom. The number of allylic oxidation sites excluding steroid dienone is 2. The average molecular weight is 478 g/mol. The third kappa shape index (κ3) is 6.15. The number of halogens is 2. The Bertz CT molecular complexity index is 952. The van der Waals surface area contributed by atoms with E-state index in [2.05, 4.69) is 25.8 Å². The summed E-state index contributed by atoms with van der Waals surface area (Å²) in [6.45, 7) is 6.08. The van der Waals surface area contributed by atoms with E-state index < -0.39 is 6.10 Å². The molecule has 0 radical (unpaired) electrons. The van der Waals surface area contributed by atoms with Crippen LogP contribution in [0.2, 0.25) is 10.0 Å². The highest BCUT2D eigenvalue weighted by molar-refractivity contribution is 8.03. The van der Waals surface area contributed by atoms with Gasteiger partial charge in [-0.2, -0.15) is 0 Å². The summed E-state index contributed by atoms with van der Waals surface area (Å²) in [7, 11) is 0. The van der Waals surface area contributed by atoms with Crippen molar-refractivity contribution in [1.82, 2.24) is 4.98 Å². The number of thioether (sulfide) groups is 1. The molecule has 2 aromatic rings. The Morgan fingerprint density at radius 1 is 1.10 bits per heavy atom. The van der Waals surface area contributed by atoms with Crippen molar-refractivity contribution in [2.45, 2.75) is 51.0 Å². The summed E-state index contributed by atoms with van der Waals surface area (Å²) < 4.78 is 0. The largest absolute Gasteiger partial charge is 0.393 e. The molecule has 2 unspecified atom stereocenters. The Balaban J connectivity index is 2.05. The maximum absolute atomic E-state index is 10.8. The number of rotatable bonds is 7. The van der Waals surface area contributed by atoms with Gasteiger partial charge in [0.25, 0.3) is 0 Å².